The molecule has 0 saturated carbocycles. The van der Waals surface area contributed by atoms with Crippen molar-refractivity contribution in [1.29, 1.82) is 0 Å². The SMILES string of the molecule is CN(C)C=NC(=O)c1cccs1.c1csc(-c2ncn[nH]2)c1. The van der Waals surface area contributed by atoms with E-state index in [4.69, 9.17) is 0 Å². The highest BCUT2D eigenvalue weighted by atomic mass is 32.1. The molecule has 0 atom stereocenters. The summed E-state index contributed by atoms with van der Waals surface area (Å²) in [6.45, 7) is 0. The zero-order valence-electron chi connectivity index (χ0n) is 12.1. The quantitative estimate of drug-likeness (QED) is 0.590. The Morgan fingerprint density at radius 3 is 2.59 bits per heavy atom. The smallest absolute Gasteiger partial charge is 0.288 e. The first-order valence-electron chi connectivity index (χ1n) is 6.34. The molecule has 22 heavy (non-hydrogen) atoms. The lowest BCUT2D eigenvalue weighted by Gasteiger charge is -2.00. The lowest BCUT2D eigenvalue weighted by molar-refractivity contribution is 0.101. The second kappa shape index (κ2) is 8.20. The van der Waals surface area contributed by atoms with Crippen molar-refractivity contribution < 1.29 is 4.79 Å². The molecule has 0 bridgehead atoms. The van der Waals surface area contributed by atoms with E-state index in [-0.39, 0.29) is 5.91 Å². The first-order chi connectivity index (χ1) is 10.7. The number of rotatable bonds is 3. The van der Waals surface area contributed by atoms with Gasteiger partial charge in [0.2, 0.25) is 0 Å². The molecule has 3 rings (SSSR count). The minimum absolute atomic E-state index is 0.182. The summed E-state index contributed by atoms with van der Waals surface area (Å²) >= 11 is 3.05. The molecule has 0 fully saturated rings. The fourth-order valence-corrected chi connectivity index (χ4v) is 2.65. The first kappa shape index (κ1) is 16.1. The van der Waals surface area contributed by atoms with Crippen molar-refractivity contribution >= 4 is 34.9 Å². The highest BCUT2D eigenvalue weighted by molar-refractivity contribution is 7.13. The normalized spacial score (nSPS) is 10.3. The fraction of sp³-hybridized carbons (Fsp3) is 0.143. The van der Waals surface area contributed by atoms with Crippen LogP contribution < -0.4 is 0 Å². The minimum Gasteiger partial charge on any atom is -0.369 e. The fourth-order valence-electron chi connectivity index (χ4n) is 1.37. The maximum atomic E-state index is 11.2. The Morgan fingerprint density at radius 2 is 2.05 bits per heavy atom. The van der Waals surface area contributed by atoms with E-state index in [0.29, 0.717) is 4.88 Å². The molecule has 0 aliphatic carbocycles. The van der Waals surface area contributed by atoms with Gasteiger partial charge < -0.3 is 4.90 Å². The molecule has 3 aromatic rings. The first-order valence-corrected chi connectivity index (χ1v) is 8.10. The highest BCUT2D eigenvalue weighted by Crippen LogP contribution is 2.19. The van der Waals surface area contributed by atoms with Gasteiger partial charge in [-0.3, -0.25) is 9.89 Å². The van der Waals surface area contributed by atoms with Crippen molar-refractivity contribution in [1.82, 2.24) is 20.1 Å². The number of hydrogen-bond donors (Lipinski definition) is 1. The average Bonchev–Trinajstić information content (AvgIpc) is 3.28. The predicted molar refractivity (Wildman–Crippen MR) is 90.5 cm³/mol. The lowest BCUT2D eigenvalue weighted by Crippen LogP contribution is -2.09. The van der Waals surface area contributed by atoms with Gasteiger partial charge in [-0.15, -0.1) is 22.7 Å². The maximum absolute atomic E-state index is 11.2. The predicted octanol–water partition coefficient (Wildman–Crippen LogP) is 3.01. The number of thiophene rings is 2. The van der Waals surface area contributed by atoms with E-state index in [1.807, 2.05) is 43.1 Å². The van der Waals surface area contributed by atoms with Gasteiger partial charge in [0, 0.05) is 14.1 Å². The Labute approximate surface area is 136 Å². The minimum atomic E-state index is -0.182. The standard InChI is InChI=1S/C8H10N2OS.C6H5N3S/c1-10(2)6-9-8(11)7-4-3-5-12-7;1-2-5(10-3-1)6-7-4-8-9-6/h3-6H,1-2H3;1-4H,(H,7,8,9). The summed E-state index contributed by atoms with van der Waals surface area (Å²) in [6.07, 6.45) is 3.01. The molecule has 1 N–H and O–H groups in total. The molecule has 0 unspecified atom stereocenters. The van der Waals surface area contributed by atoms with Crippen molar-refractivity contribution in [3.05, 3.63) is 46.2 Å². The van der Waals surface area contributed by atoms with Crippen molar-refractivity contribution in [2.45, 2.75) is 0 Å². The van der Waals surface area contributed by atoms with Crippen molar-refractivity contribution in [2.24, 2.45) is 4.99 Å². The number of aromatic nitrogens is 3. The van der Waals surface area contributed by atoms with Crippen LogP contribution >= 0.6 is 22.7 Å². The summed E-state index contributed by atoms with van der Waals surface area (Å²) in [6, 6.07) is 7.59. The zero-order valence-corrected chi connectivity index (χ0v) is 13.8. The Morgan fingerprint density at radius 1 is 1.27 bits per heavy atom. The molecule has 3 heterocycles. The van der Waals surface area contributed by atoms with Crippen LogP contribution in [0.15, 0.2) is 46.3 Å². The van der Waals surface area contributed by atoms with Crippen LogP contribution in [-0.4, -0.2) is 46.4 Å². The Kier molecular flexibility index (Phi) is 5.99. The molecular weight excluding hydrogens is 318 g/mol. The van der Waals surface area contributed by atoms with Crippen LogP contribution in [0.3, 0.4) is 0 Å². The second-order valence-electron chi connectivity index (χ2n) is 4.30. The largest absolute Gasteiger partial charge is 0.369 e. The van der Waals surface area contributed by atoms with Crippen LogP contribution in [-0.2, 0) is 0 Å². The summed E-state index contributed by atoms with van der Waals surface area (Å²) in [5, 5.41) is 10.4. The third-order valence-electron chi connectivity index (χ3n) is 2.31. The van der Waals surface area contributed by atoms with Gasteiger partial charge in [-0.2, -0.15) is 10.1 Å². The molecular formula is C14H15N5OS2. The summed E-state index contributed by atoms with van der Waals surface area (Å²) < 4.78 is 0. The van der Waals surface area contributed by atoms with Gasteiger partial charge in [0.25, 0.3) is 5.91 Å². The van der Waals surface area contributed by atoms with Crippen LogP contribution in [0.2, 0.25) is 0 Å². The van der Waals surface area contributed by atoms with E-state index in [0.717, 1.165) is 10.7 Å². The van der Waals surface area contributed by atoms with Crippen molar-refractivity contribution in [2.75, 3.05) is 14.1 Å². The number of hydrogen-bond acceptors (Lipinski definition) is 5. The summed E-state index contributed by atoms with van der Waals surface area (Å²) in [5.74, 6) is 0.661. The van der Waals surface area contributed by atoms with Gasteiger partial charge in [-0.25, -0.2) is 4.98 Å². The van der Waals surface area contributed by atoms with Gasteiger partial charge in [0.15, 0.2) is 5.82 Å². The van der Waals surface area contributed by atoms with Crippen molar-refractivity contribution in [3.8, 4) is 10.7 Å². The summed E-state index contributed by atoms with van der Waals surface area (Å²) in [4.78, 5) is 22.5. The third kappa shape index (κ3) is 4.90. The van der Waals surface area contributed by atoms with Gasteiger partial charge in [-0.05, 0) is 22.9 Å². The molecule has 0 aliphatic rings. The van der Waals surface area contributed by atoms with Crippen LogP contribution in [0.1, 0.15) is 9.67 Å². The molecule has 114 valence electrons. The second-order valence-corrected chi connectivity index (χ2v) is 6.20. The number of nitrogens with one attached hydrogen (secondary N) is 1. The summed E-state index contributed by atoms with van der Waals surface area (Å²) in [5.41, 5.74) is 0. The van der Waals surface area contributed by atoms with Crippen molar-refractivity contribution in [3.63, 3.8) is 0 Å². The van der Waals surface area contributed by atoms with Gasteiger partial charge in [-0.1, -0.05) is 12.1 Å². The average molecular weight is 333 g/mol. The molecule has 0 aromatic carbocycles. The highest BCUT2D eigenvalue weighted by Gasteiger charge is 2.02. The number of H-pyrrole nitrogens is 1. The molecule has 3 aromatic heterocycles. The number of carbonyl (C=O) groups excluding carboxylic acids is 1. The van der Waals surface area contributed by atoms with Gasteiger partial charge in [0.05, 0.1) is 16.1 Å². The molecule has 8 heteroatoms. The van der Waals surface area contributed by atoms with E-state index >= 15 is 0 Å². The van der Waals surface area contributed by atoms with E-state index in [9.17, 15) is 4.79 Å². The molecule has 0 spiro atoms. The van der Waals surface area contributed by atoms with Crippen LogP contribution in [0.25, 0.3) is 10.7 Å². The molecule has 0 radical (unpaired) electrons. The number of carbonyl (C=O) groups is 1. The van der Waals surface area contributed by atoms with Gasteiger partial charge in [0.1, 0.15) is 6.33 Å². The number of aliphatic imine (C=N–C) groups is 1. The molecule has 0 aliphatic heterocycles. The Balaban J connectivity index is 0.000000162. The van der Waals surface area contributed by atoms with Gasteiger partial charge >= 0.3 is 0 Å². The van der Waals surface area contributed by atoms with Crippen LogP contribution in [0.5, 0.6) is 0 Å². The third-order valence-corrected chi connectivity index (χ3v) is 4.04. The van der Waals surface area contributed by atoms with Crippen LogP contribution in [0.4, 0.5) is 0 Å². The number of aromatic amines is 1. The molecule has 0 saturated heterocycles. The molecule has 1 amide bonds. The number of nitrogens with zero attached hydrogens (tertiary/aromatic N) is 4. The van der Waals surface area contributed by atoms with E-state index in [1.54, 1.807) is 22.3 Å². The topological polar surface area (TPSA) is 74.2 Å². The summed E-state index contributed by atoms with van der Waals surface area (Å²) in [7, 11) is 3.65. The monoisotopic (exact) mass is 333 g/mol. The van der Waals surface area contributed by atoms with E-state index in [2.05, 4.69) is 20.2 Å². The molecule has 6 nitrogen and oxygen atoms in total. The van der Waals surface area contributed by atoms with Crippen LogP contribution in [0, 0.1) is 0 Å². The zero-order chi connectivity index (χ0) is 15.8. The van der Waals surface area contributed by atoms with E-state index in [1.165, 1.54) is 24.0 Å². The Hall–Kier alpha value is -2.32. The van der Waals surface area contributed by atoms with E-state index < -0.39 is 0 Å². The Bertz CT molecular complexity index is 656. The lowest BCUT2D eigenvalue weighted by atomic mass is 10.4. The number of amides is 1. The maximum Gasteiger partial charge on any atom is 0.288 e.